The first-order chi connectivity index (χ1) is 9.69. The number of carbonyl (C=O) groups excluding carboxylic acids is 2. The van der Waals surface area contributed by atoms with E-state index in [1.807, 2.05) is 12.1 Å². The fourth-order valence-electron chi connectivity index (χ4n) is 2.93. The zero-order valence-electron chi connectivity index (χ0n) is 12.0. The summed E-state index contributed by atoms with van der Waals surface area (Å²) < 4.78 is 0. The molecule has 4 heteroatoms. The van der Waals surface area contributed by atoms with Crippen molar-refractivity contribution in [1.29, 1.82) is 0 Å². The van der Waals surface area contributed by atoms with Crippen LogP contribution in [0, 0.1) is 0 Å². The highest BCUT2D eigenvalue weighted by Gasteiger charge is 2.43. The summed E-state index contributed by atoms with van der Waals surface area (Å²) in [6, 6.07) is 3.80. The molecule has 1 fully saturated rings. The Kier molecular flexibility index (Phi) is 4.88. The number of rotatable bonds is 6. The van der Waals surface area contributed by atoms with E-state index in [2.05, 4.69) is 17.2 Å². The zero-order valence-corrected chi connectivity index (χ0v) is 12.0. The third-order valence-electron chi connectivity index (χ3n) is 4.16. The number of nitrogens with zero attached hydrogens (tertiary/aromatic N) is 1. The average Bonchev–Trinajstić information content (AvgIpc) is 2.47. The van der Waals surface area contributed by atoms with Gasteiger partial charge in [0.1, 0.15) is 0 Å². The Morgan fingerprint density at radius 3 is 2.60 bits per heavy atom. The van der Waals surface area contributed by atoms with E-state index in [1.54, 1.807) is 12.4 Å². The van der Waals surface area contributed by atoms with Crippen LogP contribution in [0.5, 0.6) is 0 Å². The lowest BCUT2D eigenvalue weighted by Crippen LogP contribution is -2.51. The molecule has 20 heavy (non-hydrogen) atoms. The SMILES string of the molecule is CCCCCC[C@]1(c2ccncc2)CCC(=O)NC1=O. The van der Waals surface area contributed by atoms with E-state index in [0.29, 0.717) is 12.8 Å². The first kappa shape index (κ1) is 14.7. The minimum absolute atomic E-state index is 0.142. The van der Waals surface area contributed by atoms with Gasteiger partial charge in [-0.25, -0.2) is 0 Å². The van der Waals surface area contributed by atoms with Gasteiger partial charge in [0.05, 0.1) is 5.41 Å². The van der Waals surface area contributed by atoms with Gasteiger partial charge in [0, 0.05) is 18.8 Å². The lowest BCUT2D eigenvalue weighted by Gasteiger charge is -2.35. The predicted octanol–water partition coefficient (Wildman–Crippen LogP) is 2.73. The van der Waals surface area contributed by atoms with Gasteiger partial charge >= 0.3 is 0 Å². The summed E-state index contributed by atoms with van der Waals surface area (Å²) in [5, 5.41) is 2.51. The van der Waals surface area contributed by atoms with Gasteiger partial charge in [-0.15, -0.1) is 0 Å². The van der Waals surface area contributed by atoms with E-state index in [0.717, 1.165) is 24.8 Å². The Balaban J connectivity index is 2.19. The normalized spacial score (nSPS) is 22.6. The second kappa shape index (κ2) is 6.64. The van der Waals surface area contributed by atoms with Crippen molar-refractivity contribution in [2.75, 3.05) is 0 Å². The molecule has 0 saturated carbocycles. The molecular weight excluding hydrogens is 252 g/mol. The molecular formula is C16H22N2O2. The number of nitrogens with one attached hydrogen (secondary N) is 1. The van der Waals surface area contributed by atoms with Gasteiger partial charge in [0.15, 0.2) is 0 Å². The number of unbranched alkanes of at least 4 members (excludes halogenated alkanes) is 3. The molecule has 0 aliphatic carbocycles. The second-order valence-electron chi connectivity index (χ2n) is 5.51. The van der Waals surface area contributed by atoms with Gasteiger partial charge < -0.3 is 0 Å². The van der Waals surface area contributed by atoms with Crippen LogP contribution in [0.15, 0.2) is 24.5 Å². The van der Waals surface area contributed by atoms with E-state index in [-0.39, 0.29) is 11.8 Å². The number of aromatic nitrogens is 1. The molecule has 2 amide bonds. The lowest BCUT2D eigenvalue weighted by molar-refractivity contribution is -0.138. The summed E-state index contributed by atoms with van der Waals surface area (Å²) in [5.41, 5.74) is 0.430. The van der Waals surface area contributed by atoms with Gasteiger partial charge in [-0.2, -0.15) is 0 Å². The molecule has 1 aliphatic rings. The first-order valence-electron chi connectivity index (χ1n) is 7.44. The van der Waals surface area contributed by atoms with Crippen LogP contribution in [0.4, 0.5) is 0 Å². The highest BCUT2D eigenvalue weighted by molar-refractivity contribution is 6.03. The Labute approximate surface area is 120 Å². The van der Waals surface area contributed by atoms with Crippen LogP contribution >= 0.6 is 0 Å². The van der Waals surface area contributed by atoms with Crippen LogP contribution in [0.1, 0.15) is 57.4 Å². The number of hydrogen-bond acceptors (Lipinski definition) is 3. The molecule has 0 unspecified atom stereocenters. The zero-order chi connectivity index (χ0) is 14.4. The number of amides is 2. The molecule has 4 nitrogen and oxygen atoms in total. The fraction of sp³-hybridized carbons (Fsp3) is 0.562. The van der Waals surface area contributed by atoms with Crippen LogP contribution in [-0.4, -0.2) is 16.8 Å². The van der Waals surface area contributed by atoms with Crippen molar-refractivity contribution in [3.63, 3.8) is 0 Å². The van der Waals surface area contributed by atoms with Crippen molar-refractivity contribution in [2.24, 2.45) is 0 Å². The molecule has 0 aromatic carbocycles. The quantitative estimate of drug-likeness (QED) is 0.641. The summed E-state index contributed by atoms with van der Waals surface area (Å²) in [6.07, 6.45) is 9.76. The largest absolute Gasteiger partial charge is 0.296 e. The number of imide groups is 1. The van der Waals surface area contributed by atoms with Crippen LogP contribution in [-0.2, 0) is 15.0 Å². The van der Waals surface area contributed by atoms with Gasteiger partial charge in [-0.3, -0.25) is 19.9 Å². The van der Waals surface area contributed by atoms with Gasteiger partial charge in [-0.05, 0) is 30.5 Å². The molecule has 0 radical (unpaired) electrons. The summed E-state index contributed by atoms with van der Waals surface area (Å²) in [6.45, 7) is 2.17. The van der Waals surface area contributed by atoms with Gasteiger partial charge in [0.2, 0.25) is 11.8 Å². The van der Waals surface area contributed by atoms with Gasteiger partial charge in [-0.1, -0.05) is 32.6 Å². The van der Waals surface area contributed by atoms with Crippen molar-refractivity contribution < 1.29 is 9.59 Å². The van der Waals surface area contributed by atoms with E-state index >= 15 is 0 Å². The molecule has 108 valence electrons. The van der Waals surface area contributed by atoms with Crippen molar-refractivity contribution in [3.8, 4) is 0 Å². The van der Waals surface area contributed by atoms with Crippen LogP contribution in [0.25, 0.3) is 0 Å². The summed E-state index contributed by atoms with van der Waals surface area (Å²) in [5.74, 6) is -0.301. The maximum Gasteiger partial charge on any atom is 0.237 e. The van der Waals surface area contributed by atoms with Crippen LogP contribution in [0.3, 0.4) is 0 Å². The van der Waals surface area contributed by atoms with E-state index in [4.69, 9.17) is 0 Å². The Bertz CT molecular complexity index is 473. The summed E-state index contributed by atoms with van der Waals surface area (Å²) in [7, 11) is 0. The minimum Gasteiger partial charge on any atom is -0.296 e. The third-order valence-corrected chi connectivity index (χ3v) is 4.16. The Morgan fingerprint density at radius 2 is 1.95 bits per heavy atom. The second-order valence-corrected chi connectivity index (χ2v) is 5.51. The van der Waals surface area contributed by atoms with Crippen LogP contribution < -0.4 is 5.32 Å². The molecule has 1 saturated heterocycles. The maximum absolute atomic E-state index is 12.4. The standard InChI is InChI=1S/C16H22N2O2/c1-2-3-4-5-9-16(13-7-11-17-12-8-13)10-6-14(19)18-15(16)20/h7-8,11-12H,2-6,9-10H2,1H3,(H,18,19,20)/t16-/m1/s1. The van der Waals surface area contributed by atoms with Crippen molar-refractivity contribution >= 4 is 11.8 Å². The fourth-order valence-corrected chi connectivity index (χ4v) is 2.93. The summed E-state index contributed by atoms with van der Waals surface area (Å²) in [4.78, 5) is 27.9. The Morgan fingerprint density at radius 1 is 1.20 bits per heavy atom. The highest BCUT2D eigenvalue weighted by atomic mass is 16.2. The number of pyridine rings is 1. The molecule has 2 heterocycles. The highest BCUT2D eigenvalue weighted by Crippen LogP contribution is 2.37. The first-order valence-corrected chi connectivity index (χ1v) is 7.44. The number of hydrogen-bond donors (Lipinski definition) is 1. The van der Waals surface area contributed by atoms with E-state index in [1.165, 1.54) is 12.8 Å². The molecule has 1 aromatic rings. The monoisotopic (exact) mass is 274 g/mol. The van der Waals surface area contributed by atoms with Crippen molar-refractivity contribution in [3.05, 3.63) is 30.1 Å². The topological polar surface area (TPSA) is 59.1 Å². The molecule has 0 bridgehead atoms. The van der Waals surface area contributed by atoms with E-state index in [9.17, 15) is 9.59 Å². The lowest BCUT2D eigenvalue weighted by atomic mass is 9.70. The smallest absolute Gasteiger partial charge is 0.237 e. The number of carbonyl (C=O) groups is 2. The van der Waals surface area contributed by atoms with Crippen molar-refractivity contribution in [2.45, 2.75) is 57.3 Å². The molecule has 1 aliphatic heterocycles. The molecule has 2 rings (SSSR count). The molecule has 1 N–H and O–H groups in total. The minimum atomic E-state index is -0.551. The van der Waals surface area contributed by atoms with Gasteiger partial charge in [0.25, 0.3) is 0 Å². The molecule has 0 spiro atoms. The Hall–Kier alpha value is -1.71. The van der Waals surface area contributed by atoms with Crippen molar-refractivity contribution in [1.82, 2.24) is 10.3 Å². The predicted molar refractivity (Wildman–Crippen MR) is 77.1 cm³/mol. The molecule has 1 aromatic heterocycles. The third kappa shape index (κ3) is 3.06. The average molecular weight is 274 g/mol. The maximum atomic E-state index is 12.4. The molecule has 1 atom stereocenters. The number of piperidine rings is 1. The summed E-state index contributed by atoms with van der Waals surface area (Å²) >= 11 is 0. The van der Waals surface area contributed by atoms with E-state index < -0.39 is 5.41 Å². The van der Waals surface area contributed by atoms with Crippen LogP contribution in [0.2, 0.25) is 0 Å².